The molecule has 1 atom stereocenters. The lowest BCUT2D eigenvalue weighted by atomic mass is 10.3. The molecule has 1 aromatic heterocycles. The Kier molecular flexibility index (Phi) is 7.00. The summed E-state index contributed by atoms with van der Waals surface area (Å²) >= 11 is 1.60. The molecule has 0 spiro atoms. The number of nitrogens with zero attached hydrogens (tertiary/aromatic N) is 3. The van der Waals surface area contributed by atoms with Crippen molar-refractivity contribution in [3.63, 3.8) is 0 Å². The van der Waals surface area contributed by atoms with Crippen molar-refractivity contribution in [2.75, 3.05) is 32.6 Å². The number of guanidine groups is 1. The Morgan fingerprint density at radius 3 is 2.76 bits per heavy atom. The average molecular weight is 365 g/mol. The standard InChI is InChI=1S/C17H24FN5OS/c1-12(24-15-8-6-5-7-14(15)18)9-20-16(19-2)21-10-13-11-25-17(22-13)23(3)4/h5-8,11-12H,9-10H2,1-4H3,(H2,19,20,21). The lowest BCUT2D eigenvalue weighted by Crippen LogP contribution is -2.41. The van der Waals surface area contributed by atoms with Gasteiger partial charge in [0.25, 0.3) is 0 Å². The number of rotatable bonds is 7. The van der Waals surface area contributed by atoms with Crippen LogP contribution in [-0.4, -0.2) is 44.7 Å². The Balaban J connectivity index is 1.78. The number of para-hydroxylation sites is 1. The van der Waals surface area contributed by atoms with E-state index in [2.05, 4.69) is 20.6 Å². The molecule has 0 radical (unpaired) electrons. The lowest BCUT2D eigenvalue weighted by molar-refractivity contribution is 0.214. The van der Waals surface area contributed by atoms with Crippen LogP contribution in [0.15, 0.2) is 34.6 Å². The van der Waals surface area contributed by atoms with Gasteiger partial charge in [-0.15, -0.1) is 11.3 Å². The predicted octanol–water partition coefficient (Wildman–Crippen LogP) is 2.48. The molecule has 136 valence electrons. The molecule has 0 amide bonds. The maximum atomic E-state index is 13.6. The van der Waals surface area contributed by atoms with E-state index in [1.807, 2.05) is 31.3 Å². The Hall–Kier alpha value is -2.35. The zero-order valence-corrected chi connectivity index (χ0v) is 15.7. The van der Waals surface area contributed by atoms with Crippen molar-refractivity contribution in [3.8, 4) is 5.75 Å². The summed E-state index contributed by atoms with van der Waals surface area (Å²) in [5.74, 6) is 0.527. The number of anilines is 1. The van der Waals surface area contributed by atoms with Gasteiger partial charge in [0.1, 0.15) is 6.10 Å². The van der Waals surface area contributed by atoms with E-state index in [0.29, 0.717) is 19.0 Å². The summed E-state index contributed by atoms with van der Waals surface area (Å²) in [5, 5.41) is 9.35. The van der Waals surface area contributed by atoms with Crippen molar-refractivity contribution in [1.82, 2.24) is 15.6 Å². The van der Waals surface area contributed by atoms with Gasteiger partial charge in [0.15, 0.2) is 22.7 Å². The Morgan fingerprint density at radius 1 is 1.36 bits per heavy atom. The predicted molar refractivity (Wildman–Crippen MR) is 101 cm³/mol. The van der Waals surface area contributed by atoms with Crippen molar-refractivity contribution in [3.05, 3.63) is 41.2 Å². The number of aromatic nitrogens is 1. The van der Waals surface area contributed by atoms with Gasteiger partial charge in [0, 0.05) is 26.5 Å². The molecule has 0 aliphatic rings. The van der Waals surface area contributed by atoms with Crippen LogP contribution in [0.4, 0.5) is 9.52 Å². The fraction of sp³-hybridized carbons (Fsp3) is 0.412. The molecule has 0 saturated heterocycles. The average Bonchev–Trinajstić information content (AvgIpc) is 3.06. The molecule has 8 heteroatoms. The van der Waals surface area contributed by atoms with Crippen molar-refractivity contribution in [2.45, 2.75) is 19.6 Å². The van der Waals surface area contributed by atoms with Crippen molar-refractivity contribution >= 4 is 22.4 Å². The number of aliphatic imine (C=N–C) groups is 1. The zero-order chi connectivity index (χ0) is 18.2. The fourth-order valence-electron chi connectivity index (χ4n) is 2.02. The number of nitrogens with one attached hydrogen (secondary N) is 2. The minimum Gasteiger partial charge on any atom is -0.486 e. The van der Waals surface area contributed by atoms with E-state index in [4.69, 9.17) is 4.74 Å². The summed E-state index contributed by atoms with van der Waals surface area (Å²) in [6, 6.07) is 6.38. The highest BCUT2D eigenvalue weighted by Gasteiger charge is 2.09. The molecule has 25 heavy (non-hydrogen) atoms. The van der Waals surface area contributed by atoms with Gasteiger partial charge in [-0.1, -0.05) is 12.1 Å². The molecule has 1 unspecified atom stereocenters. The Bertz CT molecular complexity index is 704. The van der Waals surface area contributed by atoms with Crippen molar-refractivity contribution in [1.29, 1.82) is 0 Å². The van der Waals surface area contributed by atoms with E-state index in [9.17, 15) is 4.39 Å². The first-order chi connectivity index (χ1) is 12.0. The quantitative estimate of drug-likeness (QED) is 0.583. The van der Waals surface area contributed by atoms with Crippen LogP contribution < -0.4 is 20.3 Å². The van der Waals surface area contributed by atoms with Crippen LogP contribution in [0.5, 0.6) is 5.75 Å². The maximum absolute atomic E-state index is 13.6. The first-order valence-corrected chi connectivity index (χ1v) is 8.85. The number of hydrogen-bond donors (Lipinski definition) is 2. The van der Waals surface area contributed by atoms with E-state index >= 15 is 0 Å². The molecule has 6 nitrogen and oxygen atoms in total. The second kappa shape index (κ2) is 9.22. The topological polar surface area (TPSA) is 61.8 Å². The largest absolute Gasteiger partial charge is 0.486 e. The maximum Gasteiger partial charge on any atom is 0.191 e. The van der Waals surface area contributed by atoms with Crippen molar-refractivity contribution < 1.29 is 9.13 Å². The summed E-state index contributed by atoms with van der Waals surface area (Å²) in [7, 11) is 5.63. The Labute approximate surface area is 151 Å². The van der Waals surface area contributed by atoms with E-state index in [1.165, 1.54) is 6.07 Å². The summed E-state index contributed by atoms with van der Waals surface area (Å²) in [6.45, 7) is 2.94. The second-order valence-corrected chi connectivity index (χ2v) is 6.52. The normalized spacial score (nSPS) is 12.6. The van der Waals surface area contributed by atoms with Gasteiger partial charge in [0.2, 0.25) is 0 Å². The van der Waals surface area contributed by atoms with Crippen LogP contribution >= 0.6 is 11.3 Å². The van der Waals surface area contributed by atoms with E-state index in [1.54, 1.807) is 36.6 Å². The van der Waals surface area contributed by atoms with Crippen molar-refractivity contribution in [2.24, 2.45) is 4.99 Å². The van der Waals surface area contributed by atoms with E-state index in [-0.39, 0.29) is 17.7 Å². The minimum atomic E-state index is -0.364. The summed E-state index contributed by atoms with van der Waals surface area (Å²) < 4.78 is 19.2. The molecule has 0 bridgehead atoms. The van der Waals surface area contributed by atoms with Gasteiger partial charge in [-0.05, 0) is 19.1 Å². The first-order valence-electron chi connectivity index (χ1n) is 7.97. The highest BCUT2D eigenvalue weighted by atomic mass is 32.1. The summed E-state index contributed by atoms with van der Waals surface area (Å²) in [4.78, 5) is 10.7. The monoisotopic (exact) mass is 365 g/mol. The Morgan fingerprint density at radius 2 is 2.12 bits per heavy atom. The highest BCUT2D eigenvalue weighted by molar-refractivity contribution is 7.13. The van der Waals surface area contributed by atoms with E-state index < -0.39 is 0 Å². The number of halogens is 1. The van der Waals surface area contributed by atoms with Gasteiger partial charge in [-0.3, -0.25) is 4.99 Å². The van der Waals surface area contributed by atoms with Gasteiger partial charge in [-0.2, -0.15) is 0 Å². The van der Waals surface area contributed by atoms with Gasteiger partial charge in [0.05, 0.1) is 18.8 Å². The molecule has 2 N–H and O–H groups in total. The molecule has 1 heterocycles. The molecule has 0 aliphatic heterocycles. The summed E-state index contributed by atoms with van der Waals surface area (Å²) in [5.41, 5.74) is 0.951. The molecular weight excluding hydrogens is 341 g/mol. The van der Waals surface area contributed by atoms with Gasteiger partial charge >= 0.3 is 0 Å². The molecule has 1 aromatic carbocycles. The molecule has 0 fully saturated rings. The SMILES string of the molecule is CN=C(NCc1csc(N(C)C)n1)NCC(C)Oc1ccccc1F. The molecule has 2 aromatic rings. The summed E-state index contributed by atoms with van der Waals surface area (Å²) in [6.07, 6.45) is -0.213. The molecular formula is C17H24FN5OS. The number of ether oxygens (including phenoxy) is 1. The first kappa shape index (κ1) is 19.0. The smallest absolute Gasteiger partial charge is 0.191 e. The highest BCUT2D eigenvalue weighted by Crippen LogP contribution is 2.18. The van der Waals surface area contributed by atoms with Gasteiger partial charge < -0.3 is 20.3 Å². The van der Waals surface area contributed by atoms with Gasteiger partial charge in [-0.25, -0.2) is 9.37 Å². The van der Waals surface area contributed by atoms with Crippen LogP contribution in [0.2, 0.25) is 0 Å². The van der Waals surface area contributed by atoms with Crippen LogP contribution in [0.3, 0.4) is 0 Å². The molecule has 0 aliphatic carbocycles. The molecule has 0 saturated carbocycles. The van der Waals surface area contributed by atoms with Crippen LogP contribution in [0.25, 0.3) is 0 Å². The number of benzene rings is 1. The lowest BCUT2D eigenvalue weighted by Gasteiger charge is -2.17. The second-order valence-electron chi connectivity index (χ2n) is 5.68. The third-order valence-corrected chi connectivity index (χ3v) is 4.36. The van der Waals surface area contributed by atoms with E-state index in [0.717, 1.165) is 10.8 Å². The fourth-order valence-corrected chi connectivity index (χ4v) is 2.78. The van der Waals surface area contributed by atoms with Crippen LogP contribution in [0, 0.1) is 5.82 Å². The zero-order valence-electron chi connectivity index (χ0n) is 14.9. The molecule has 2 rings (SSSR count). The van der Waals surface area contributed by atoms with Crippen LogP contribution in [-0.2, 0) is 6.54 Å². The third-order valence-electron chi connectivity index (χ3n) is 3.30. The van der Waals surface area contributed by atoms with Crippen LogP contribution in [0.1, 0.15) is 12.6 Å². The third kappa shape index (κ3) is 5.90. The number of hydrogen-bond acceptors (Lipinski definition) is 5. The number of thiazole rings is 1. The minimum absolute atomic E-state index is 0.213.